The molecular formula is C16H11N3OS. The first-order chi connectivity index (χ1) is 10.3. The quantitative estimate of drug-likeness (QED) is 0.822. The van der Waals surface area contributed by atoms with Crippen molar-refractivity contribution < 1.29 is 4.79 Å². The lowest BCUT2D eigenvalue weighted by atomic mass is 10.0. The van der Waals surface area contributed by atoms with Crippen molar-refractivity contribution in [1.29, 1.82) is 0 Å². The minimum Gasteiger partial charge on any atom is -0.300 e. The average molecular weight is 293 g/mol. The molecule has 1 saturated heterocycles. The van der Waals surface area contributed by atoms with E-state index in [0.717, 1.165) is 22.2 Å². The van der Waals surface area contributed by atoms with E-state index in [1.54, 1.807) is 0 Å². The minimum atomic E-state index is -0.104. The van der Waals surface area contributed by atoms with E-state index in [1.807, 2.05) is 30.3 Å². The number of rotatable bonds is 1. The molecular weight excluding hydrogens is 282 g/mol. The van der Waals surface area contributed by atoms with Gasteiger partial charge in [0.1, 0.15) is 12.4 Å². The van der Waals surface area contributed by atoms with Crippen molar-refractivity contribution in [3.63, 3.8) is 0 Å². The Morgan fingerprint density at radius 3 is 2.86 bits per heavy atom. The van der Waals surface area contributed by atoms with Crippen LogP contribution in [0, 0.1) is 0 Å². The zero-order valence-corrected chi connectivity index (χ0v) is 11.9. The first-order valence-electron chi connectivity index (χ1n) is 6.60. The van der Waals surface area contributed by atoms with Gasteiger partial charge in [0.2, 0.25) is 0 Å². The third kappa shape index (κ3) is 2.48. The lowest BCUT2D eigenvalue weighted by Crippen LogP contribution is -2.20. The van der Waals surface area contributed by atoms with E-state index in [2.05, 4.69) is 33.5 Å². The number of thioether (sulfide) groups is 1. The van der Waals surface area contributed by atoms with Gasteiger partial charge in [-0.1, -0.05) is 42.5 Å². The molecule has 0 aromatic heterocycles. The molecule has 0 radical (unpaired) electrons. The second-order valence-corrected chi connectivity index (χ2v) is 5.81. The Labute approximate surface area is 125 Å². The second kappa shape index (κ2) is 4.86. The molecule has 0 aliphatic carbocycles. The Morgan fingerprint density at radius 1 is 1.19 bits per heavy atom. The number of carbonyl (C=O) groups is 1. The van der Waals surface area contributed by atoms with Gasteiger partial charge in [-0.15, -0.1) is 0 Å². The first-order valence-corrected chi connectivity index (χ1v) is 7.42. The van der Waals surface area contributed by atoms with Crippen molar-refractivity contribution in [3.8, 4) is 0 Å². The fraction of sp³-hybridized carbons (Fsp3) is 0.0625. The first kappa shape index (κ1) is 12.3. The Hall–Kier alpha value is -2.40. The molecule has 102 valence electrons. The van der Waals surface area contributed by atoms with Crippen LogP contribution in [0.4, 0.5) is 0 Å². The van der Waals surface area contributed by atoms with Gasteiger partial charge < -0.3 is 5.32 Å². The van der Waals surface area contributed by atoms with Crippen LogP contribution >= 0.6 is 11.8 Å². The maximum Gasteiger partial charge on any atom is 0.264 e. The zero-order valence-electron chi connectivity index (χ0n) is 11.0. The van der Waals surface area contributed by atoms with E-state index < -0.39 is 0 Å². The summed E-state index contributed by atoms with van der Waals surface area (Å²) < 4.78 is 0. The number of hydrogen-bond acceptors (Lipinski definition) is 4. The molecule has 2 aromatic rings. The summed E-state index contributed by atoms with van der Waals surface area (Å²) in [5.74, 6) is 0.692. The highest BCUT2D eigenvalue weighted by Crippen LogP contribution is 2.29. The molecule has 0 unspecified atom stereocenters. The van der Waals surface area contributed by atoms with Crippen LogP contribution in [0.15, 0.2) is 57.4 Å². The summed E-state index contributed by atoms with van der Waals surface area (Å²) in [5, 5.41) is 5.68. The van der Waals surface area contributed by atoms with E-state index in [1.165, 1.54) is 11.8 Å². The summed E-state index contributed by atoms with van der Waals surface area (Å²) in [6, 6.07) is 14.2. The maximum atomic E-state index is 12.0. The fourth-order valence-electron chi connectivity index (χ4n) is 2.22. The Balaban J connectivity index is 1.73. The largest absolute Gasteiger partial charge is 0.300 e. The zero-order chi connectivity index (χ0) is 14.2. The van der Waals surface area contributed by atoms with E-state index in [-0.39, 0.29) is 5.91 Å². The Bertz CT molecular complexity index is 846. The highest BCUT2D eigenvalue weighted by atomic mass is 32.2. The number of carbonyl (C=O) groups excluding carboxylic acids is 1. The van der Waals surface area contributed by atoms with Gasteiger partial charge in [0.15, 0.2) is 5.17 Å². The standard InChI is InChI=1S/C16H11N3OS/c20-15-13(21-16(19-15)18-14-9-17-14)8-11-6-3-5-10-4-1-2-7-12(10)11/h1-8H,9H2,(H,17,18,19,20)/b13-8-. The molecule has 2 aliphatic heterocycles. The normalized spacial score (nSPS) is 21.0. The fourth-order valence-corrected chi connectivity index (χ4v) is 3.05. The molecule has 2 aliphatic rings. The SMILES string of the molecule is O=C1NC(=NC2=NC2)S/C1=C\c1cccc2ccccc12. The predicted octanol–water partition coefficient (Wildman–Crippen LogP) is 2.81. The van der Waals surface area contributed by atoms with Crippen LogP contribution in [-0.4, -0.2) is 23.5 Å². The van der Waals surface area contributed by atoms with Crippen molar-refractivity contribution in [1.82, 2.24) is 5.32 Å². The molecule has 1 amide bonds. The van der Waals surface area contributed by atoms with E-state index >= 15 is 0 Å². The third-order valence-electron chi connectivity index (χ3n) is 3.29. The van der Waals surface area contributed by atoms with Gasteiger partial charge in [-0.05, 0) is 34.2 Å². The summed E-state index contributed by atoms with van der Waals surface area (Å²) in [6.07, 6.45) is 1.92. The molecule has 2 heterocycles. The second-order valence-electron chi connectivity index (χ2n) is 4.78. The molecule has 4 nitrogen and oxygen atoms in total. The van der Waals surface area contributed by atoms with Gasteiger partial charge in [0.25, 0.3) is 5.91 Å². The van der Waals surface area contributed by atoms with Gasteiger partial charge in [0.05, 0.1) is 4.91 Å². The number of amidine groups is 2. The van der Waals surface area contributed by atoms with Crippen LogP contribution < -0.4 is 5.32 Å². The molecule has 5 heteroatoms. The Morgan fingerprint density at radius 2 is 2.00 bits per heavy atom. The number of nitrogens with zero attached hydrogens (tertiary/aromatic N) is 2. The molecule has 1 N–H and O–H groups in total. The number of amides is 1. The van der Waals surface area contributed by atoms with Gasteiger partial charge in [-0.3, -0.25) is 9.79 Å². The minimum absolute atomic E-state index is 0.104. The predicted molar refractivity (Wildman–Crippen MR) is 87.4 cm³/mol. The van der Waals surface area contributed by atoms with Crippen LogP contribution in [0.25, 0.3) is 16.8 Å². The lowest BCUT2D eigenvalue weighted by Gasteiger charge is -2.02. The molecule has 2 aromatic carbocycles. The lowest BCUT2D eigenvalue weighted by molar-refractivity contribution is -0.115. The summed E-state index contributed by atoms with van der Waals surface area (Å²) in [4.78, 5) is 20.9. The molecule has 0 saturated carbocycles. The van der Waals surface area contributed by atoms with Gasteiger partial charge >= 0.3 is 0 Å². The summed E-state index contributed by atoms with van der Waals surface area (Å²) in [6.45, 7) is 0.683. The van der Waals surface area contributed by atoms with Crippen molar-refractivity contribution in [3.05, 3.63) is 52.9 Å². The van der Waals surface area contributed by atoms with Gasteiger partial charge in [0, 0.05) is 0 Å². The van der Waals surface area contributed by atoms with Crippen LogP contribution in [0.2, 0.25) is 0 Å². The summed E-state index contributed by atoms with van der Waals surface area (Å²) in [5.41, 5.74) is 1.04. The van der Waals surface area contributed by atoms with Crippen LogP contribution in [-0.2, 0) is 4.79 Å². The number of benzene rings is 2. The number of nitrogens with one attached hydrogen (secondary N) is 1. The molecule has 0 spiro atoms. The van der Waals surface area contributed by atoms with Gasteiger partial charge in [-0.2, -0.15) is 0 Å². The molecule has 0 bridgehead atoms. The highest BCUT2D eigenvalue weighted by Gasteiger charge is 2.25. The van der Waals surface area contributed by atoms with E-state index in [4.69, 9.17) is 0 Å². The van der Waals surface area contributed by atoms with E-state index in [9.17, 15) is 4.79 Å². The molecule has 0 atom stereocenters. The van der Waals surface area contributed by atoms with E-state index in [0.29, 0.717) is 16.6 Å². The number of aliphatic imine (C=N–C) groups is 2. The molecule has 4 rings (SSSR count). The topological polar surface area (TPSA) is 53.8 Å². The smallest absolute Gasteiger partial charge is 0.264 e. The molecule has 21 heavy (non-hydrogen) atoms. The summed E-state index contributed by atoms with van der Waals surface area (Å²) in [7, 11) is 0. The monoisotopic (exact) mass is 293 g/mol. The van der Waals surface area contributed by atoms with Crippen molar-refractivity contribution in [2.45, 2.75) is 0 Å². The number of hydrogen-bond donors (Lipinski definition) is 1. The maximum absolute atomic E-state index is 12.0. The number of fused-ring (bicyclic) bond motifs is 1. The summed E-state index contributed by atoms with van der Waals surface area (Å²) >= 11 is 1.36. The van der Waals surface area contributed by atoms with Crippen molar-refractivity contribution in [2.24, 2.45) is 9.98 Å². The van der Waals surface area contributed by atoms with Crippen LogP contribution in [0.1, 0.15) is 5.56 Å². The third-order valence-corrected chi connectivity index (χ3v) is 4.20. The van der Waals surface area contributed by atoms with Gasteiger partial charge in [-0.25, -0.2) is 4.99 Å². The van der Waals surface area contributed by atoms with Crippen molar-refractivity contribution in [2.75, 3.05) is 6.54 Å². The van der Waals surface area contributed by atoms with Crippen LogP contribution in [0.3, 0.4) is 0 Å². The van der Waals surface area contributed by atoms with Crippen LogP contribution in [0.5, 0.6) is 0 Å². The Kier molecular flexibility index (Phi) is 2.86. The highest BCUT2D eigenvalue weighted by molar-refractivity contribution is 8.18. The molecule has 1 fully saturated rings. The average Bonchev–Trinajstić information content (AvgIpc) is 3.24. The van der Waals surface area contributed by atoms with Crippen molar-refractivity contribution >= 4 is 45.5 Å².